The average Bonchev–Trinajstić information content (AvgIpc) is 2.68. The summed E-state index contributed by atoms with van der Waals surface area (Å²) in [6.07, 6.45) is 0. The number of thiazole rings is 1. The number of hydrogen-bond acceptors (Lipinski definition) is 4. The van der Waals surface area contributed by atoms with Crippen LogP contribution >= 0.6 is 27.3 Å². The van der Waals surface area contributed by atoms with Gasteiger partial charge in [-0.25, -0.2) is 4.98 Å². The number of likely N-dealkylation sites (N-methyl/N-ethyl adjacent to an activating group) is 1. The van der Waals surface area contributed by atoms with Crippen LogP contribution in [0.3, 0.4) is 0 Å². The van der Waals surface area contributed by atoms with Gasteiger partial charge in [0.15, 0.2) is 5.13 Å². The molecule has 0 saturated heterocycles. The molecule has 3 nitrogen and oxygen atoms in total. The van der Waals surface area contributed by atoms with Crippen molar-refractivity contribution in [3.63, 3.8) is 0 Å². The zero-order chi connectivity index (χ0) is 13.3. The number of rotatable bonds is 4. The number of nitrogens with one attached hydrogen (secondary N) is 1. The molecule has 0 bridgehead atoms. The highest BCUT2D eigenvalue weighted by Crippen LogP contribution is 2.28. The lowest BCUT2D eigenvalue weighted by molar-refractivity contribution is 0.210. The molecule has 1 aromatic heterocycles. The van der Waals surface area contributed by atoms with Gasteiger partial charge in [0.05, 0.1) is 10.2 Å². The predicted molar refractivity (Wildman–Crippen MR) is 83.6 cm³/mol. The maximum Gasteiger partial charge on any atom is 0.183 e. The Bertz CT molecular complexity index is 548. The van der Waals surface area contributed by atoms with E-state index < -0.39 is 0 Å². The van der Waals surface area contributed by atoms with Crippen molar-refractivity contribution in [1.29, 1.82) is 0 Å². The molecule has 1 N–H and O–H groups in total. The quantitative estimate of drug-likeness (QED) is 0.925. The minimum Gasteiger partial charge on any atom is -0.360 e. The van der Waals surface area contributed by atoms with Gasteiger partial charge in [-0.1, -0.05) is 27.3 Å². The van der Waals surface area contributed by atoms with Crippen molar-refractivity contribution in [2.45, 2.75) is 19.4 Å². The first kappa shape index (κ1) is 13.8. The largest absolute Gasteiger partial charge is 0.360 e. The van der Waals surface area contributed by atoms with Crippen molar-refractivity contribution in [3.8, 4) is 0 Å². The summed E-state index contributed by atoms with van der Waals surface area (Å²) in [6.45, 7) is 5.30. The molecule has 18 heavy (non-hydrogen) atoms. The second-order valence-electron chi connectivity index (χ2n) is 5.19. The monoisotopic (exact) mass is 327 g/mol. The average molecular weight is 328 g/mol. The second kappa shape index (κ2) is 5.15. The highest BCUT2D eigenvalue weighted by Gasteiger charge is 2.20. The smallest absolute Gasteiger partial charge is 0.183 e. The van der Waals surface area contributed by atoms with Crippen LogP contribution in [-0.2, 0) is 0 Å². The molecule has 0 fully saturated rings. The third-order valence-corrected chi connectivity index (χ3v) is 4.70. The zero-order valence-corrected chi connectivity index (χ0v) is 13.5. The van der Waals surface area contributed by atoms with E-state index in [1.54, 1.807) is 11.3 Å². The van der Waals surface area contributed by atoms with Gasteiger partial charge in [0.25, 0.3) is 0 Å². The van der Waals surface area contributed by atoms with E-state index in [0.29, 0.717) is 0 Å². The molecule has 98 valence electrons. The van der Waals surface area contributed by atoms with Crippen LogP contribution in [0.4, 0.5) is 5.13 Å². The summed E-state index contributed by atoms with van der Waals surface area (Å²) in [7, 11) is 4.19. The van der Waals surface area contributed by atoms with Gasteiger partial charge in [0.1, 0.15) is 0 Å². The summed E-state index contributed by atoms with van der Waals surface area (Å²) in [5.74, 6) is 0. The first-order chi connectivity index (χ1) is 8.38. The van der Waals surface area contributed by atoms with Crippen molar-refractivity contribution in [2.24, 2.45) is 0 Å². The highest BCUT2D eigenvalue weighted by atomic mass is 79.9. The number of nitrogens with zero attached hydrogens (tertiary/aromatic N) is 2. The van der Waals surface area contributed by atoms with E-state index in [0.717, 1.165) is 21.7 Å². The number of hydrogen-bond donors (Lipinski definition) is 1. The fourth-order valence-electron chi connectivity index (χ4n) is 1.42. The highest BCUT2D eigenvalue weighted by molar-refractivity contribution is 9.10. The van der Waals surface area contributed by atoms with Crippen LogP contribution in [0.15, 0.2) is 22.7 Å². The molecule has 0 amide bonds. The number of benzene rings is 1. The molecule has 2 aromatic rings. The third-order valence-electron chi connectivity index (χ3n) is 3.23. The van der Waals surface area contributed by atoms with Crippen molar-refractivity contribution in [3.05, 3.63) is 22.7 Å². The summed E-state index contributed by atoms with van der Waals surface area (Å²) < 4.78 is 2.30. The molecule has 1 aromatic carbocycles. The van der Waals surface area contributed by atoms with Crippen LogP contribution in [-0.4, -0.2) is 36.1 Å². The minimum atomic E-state index is 0.110. The zero-order valence-electron chi connectivity index (χ0n) is 11.1. The molecule has 0 aliphatic rings. The summed E-state index contributed by atoms with van der Waals surface area (Å²) in [5.41, 5.74) is 1.16. The maximum atomic E-state index is 4.58. The Morgan fingerprint density at radius 3 is 2.78 bits per heavy atom. The Morgan fingerprint density at radius 1 is 1.39 bits per heavy atom. The summed E-state index contributed by atoms with van der Waals surface area (Å²) in [5, 5.41) is 4.41. The fraction of sp³-hybridized carbons (Fsp3) is 0.462. The summed E-state index contributed by atoms with van der Waals surface area (Å²) in [4.78, 5) is 6.80. The molecule has 0 aliphatic heterocycles. The Labute approximate surface area is 120 Å². The first-order valence-corrected chi connectivity index (χ1v) is 7.47. The molecule has 0 saturated carbocycles. The van der Waals surface area contributed by atoms with Crippen LogP contribution < -0.4 is 5.32 Å². The third kappa shape index (κ3) is 3.02. The van der Waals surface area contributed by atoms with Crippen molar-refractivity contribution < 1.29 is 0 Å². The van der Waals surface area contributed by atoms with Crippen LogP contribution in [0.25, 0.3) is 10.2 Å². The van der Waals surface area contributed by atoms with Gasteiger partial charge in [-0.15, -0.1) is 0 Å². The molecule has 0 unspecified atom stereocenters. The van der Waals surface area contributed by atoms with Gasteiger partial charge in [0.2, 0.25) is 0 Å². The van der Waals surface area contributed by atoms with Crippen molar-refractivity contribution >= 4 is 42.6 Å². The minimum absolute atomic E-state index is 0.110. The van der Waals surface area contributed by atoms with E-state index in [2.05, 4.69) is 65.1 Å². The van der Waals surface area contributed by atoms with E-state index in [4.69, 9.17) is 0 Å². The first-order valence-electron chi connectivity index (χ1n) is 5.86. The molecule has 0 aliphatic carbocycles. The topological polar surface area (TPSA) is 28.2 Å². The Kier molecular flexibility index (Phi) is 3.94. The molecule has 0 atom stereocenters. The maximum absolute atomic E-state index is 4.58. The lowest BCUT2D eigenvalue weighted by Crippen LogP contribution is -2.44. The standard InChI is InChI=1S/C13H18BrN3S/c1-13(2,17(3)4)8-15-12-16-10-6-5-9(14)7-11(10)18-12/h5-7H,8H2,1-4H3,(H,15,16). The van der Waals surface area contributed by atoms with Crippen molar-refractivity contribution in [1.82, 2.24) is 9.88 Å². The van der Waals surface area contributed by atoms with E-state index in [-0.39, 0.29) is 5.54 Å². The van der Waals surface area contributed by atoms with Crippen molar-refractivity contribution in [2.75, 3.05) is 26.0 Å². The molecule has 0 spiro atoms. The van der Waals surface area contributed by atoms with Gasteiger partial charge < -0.3 is 10.2 Å². The Morgan fingerprint density at radius 2 is 2.11 bits per heavy atom. The van der Waals surface area contributed by atoms with E-state index >= 15 is 0 Å². The summed E-state index contributed by atoms with van der Waals surface area (Å²) in [6, 6.07) is 6.17. The van der Waals surface area contributed by atoms with E-state index in [1.165, 1.54) is 4.70 Å². The number of aromatic nitrogens is 1. The normalized spacial score (nSPS) is 12.3. The Hall–Kier alpha value is -0.650. The lowest BCUT2D eigenvalue weighted by atomic mass is 10.1. The van der Waals surface area contributed by atoms with E-state index in [1.807, 2.05) is 12.1 Å². The van der Waals surface area contributed by atoms with Gasteiger partial charge in [0, 0.05) is 16.6 Å². The fourth-order valence-corrected chi connectivity index (χ4v) is 2.84. The number of halogens is 1. The molecular weight excluding hydrogens is 310 g/mol. The van der Waals surface area contributed by atoms with E-state index in [9.17, 15) is 0 Å². The SMILES string of the molecule is CN(C)C(C)(C)CNc1nc2ccc(Br)cc2s1. The summed E-state index contributed by atoms with van der Waals surface area (Å²) >= 11 is 5.18. The van der Waals surface area contributed by atoms with Crippen LogP contribution in [0.2, 0.25) is 0 Å². The van der Waals surface area contributed by atoms with Gasteiger partial charge in [-0.05, 0) is 46.1 Å². The Balaban J connectivity index is 2.13. The molecule has 5 heteroatoms. The predicted octanol–water partition coefficient (Wildman–Crippen LogP) is 3.81. The second-order valence-corrected chi connectivity index (χ2v) is 7.14. The molecule has 1 heterocycles. The van der Waals surface area contributed by atoms with Gasteiger partial charge >= 0.3 is 0 Å². The van der Waals surface area contributed by atoms with Gasteiger partial charge in [-0.3, -0.25) is 0 Å². The van der Waals surface area contributed by atoms with Crippen LogP contribution in [0, 0.1) is 0 Å². The number of fused-ring (bicyclic) bond motifs is 1. The van der Waals surface area contributed by atoms with Crippen LogP contribution in [0.5, 0.6) is 0 Å². The molecular formula is C13H18BrN3S. The number of anilines is 1. The molecule has 2 rings (SSSR count). The van der Waals surface area contributed by atoms with Crippen LogP contribution in [0.1, 0.15) is 13.8 Å². The van der Waals surface area contributed by atoms with Gasteiger partial charge in [-0.2, -0.15) is 0 Å². The molecule has 0 radical (unpaired) electrons. The lowest BCUT2D eigenvalue weighted by Gasteiger charge is -2.32.